The number of carbonyl (C=O) groups excluding carboxylic acids is 1. The number of hydrogen-bond acceptors (Lipinski definition) is 3. The van der Waals surface area contributed by atoms with Gasteiger partial charge in [0, 0.05) is 25.6 Å². The van der Waals surface area contributed by atoms with Gasteiger partial charge in [-0.15, -0.1) is 0 Å². The zero-order chi connectivity index (χ0) is 10.1. The molecule has 1 unspecified atom stereocenters. The molecule has 1 aliphatic carbocycles. The molecule has 0 spiro atoms. The van der Waals surface area contributed by atoms with Crippen LogP contribution in [0.5, 0.6) is 0 Å². The Kier molecular flexibility index (Phi) is 2.74. The van der Waals surface area contributed by atoms with E-state index in [1.54, 1.807) is 6.92 Å². The highest BCUT2D eigenvalue weighted by molar-refractivity contribution is 5.77. The van der Waals surface area contributed by atoms with Crippen LogP contribution >= 0.6 is 0 Å². The van der Waals surface area contributed by atoms with Gasteiger partial charge in [-0.1, -0.05) is 0 Å². The third-order valence-electron chi connectivity index (χ3n) is 2.73. The predicted molar refractivity (Wildman–Crippen MR) is 52.4 cm³/mol. The monoisotopic (exact) mass is 198 g/mol. The summed E-state index contributed by atoms with van der Waals surface area (Å²) in [7, 11) is 0. The molecule has 1 saturated carbocycles. The fraction of sp³-hybridized carbons (Fsp3) is 0.900. The molecule has 2 fully saturated rings. The summed E-state index contributed by atoms with van der Waals surface area (Å²) in [5.74, 6) is 0.236. The Labute approximate surface area is 84.5 Å². The summed E-state index contributed by atoms with van der Waals surface area (Å²) >= 11 is 0. The minimum absolute atomic E-state index is 0.236. The fourth-order valence-electron chi connectivity index (χ4n) is 2.03. The molecule has 0 aromatic carbocycles. The van der Waals surface area contributed by atoms with Gasteiger partial charge in [-0.3, -0.25) is 9.80 Å². The van der Waals surface area contributed by atoms with Gasteiger partial charge in [0.15, 0.2) is 0 Å². The normalized spacial score (nSPS) is 26.7. The molecule has 4 nitrogen and oxygen atoms in total. The lowest BCUT2D eigenvalue weighted by Crippen LogP contribution is -2.53. The third kappa shape index (κ3) is 2.07. The van der Waals surface area contributed by atoms with E-state index in [1.165, 1.54) is 0 Å². The van der Waals surface area contributed by atoms with E-state index in [4.69, 9.17) is 0 Å². The van der Waals surface area contributed by atoms with Crippen molar-refractivity contribution in [1.29, 1.82) is 0 Å². The van der Waals surface area contributed by atoms with Crippen molar-refractivity contribution < 1.29 is 9.90 Å². The maximum atomic E-state index is 11.7. The predicted octanol–water partition coefficient (Wildman–Crippen LogP) is 0.369. The Morgan fingerprint density at radius 1 is 1.57 bits per heavy atom. The van der Waals surface area contributed by atoms with Gasteiger partial charge in [0.1, 0.15) is 0 Å². The maximum absolute atomic E-state index is 11.7. The first-order chi connectivity index (χ1) is 6.68. The second-order valence-corrected chi connectivity index (χ2v) is 4.33. The lowest BCUT2D eigenvalue weighted by molar-refractivity contribution is -0.159. The van der Waals surface area contributed by atoms with Crippen LogP contribution in [0.4, 0.5) is 0 Å². The summed E-state index contributed by atoms with van der Waals surface area (Å²) in [5.41, 5.74) is 0. The van der Waals surface area contributed by atoms with Crippen molar-refractivity contribution in [1.82, 2.24) is 10.0 Å². The summed E-state index contributed by atoms with van der Waals surface area (Å²) in [6.45, 7) is 3.26. The van der Waals surface area contributed by atoms with Crippen molar-refractivity contribution in [2.45, 2.75) is 44.8 Å². The molecule has 2 aliphatic rings. The average Bonchev–Trinajstić information content (AvgIpc) is 2.86. The van der Waals surface area contributed by atoms with E-state index in [0.717, 1.165) is 25.8 Å². The van der Waals surface area contributed by atoms with Gasteiger partial charge in [0.05, 0.1) is 6.10 Å². The number of nitrogens with zero attached hydrogens (tertiary/aromatic N) is 2. The fourth-order valence-corrected chi connectivity index (χ4v) is 2.03. The smallest absolute Gasteiger partial charge is 0.237 e. The molecule has 1 heterocycles. The zero-order valence-corrected chi connectivity index (χ0v) is 8.65. The van der Waals surface area contributed by atoms with E-state index in [2.05, 4.69) is 0 Å². The Morgan fingerprint density at radius 3 is 2.86 bits per heavy atom. The SMILES string of the molecule is CC(O)CN1CCCC(=O)N1C1CC1. The topological polar surface area (TPSA) is 43.8 Å². The molecule has 1 N–H and O–H groups in total. The van der Waals surface area contributed by atoms with Crippen LogP contribution < -0.4 is 0 Å². The quantitative estimate of drug-likeness (QED) is 0.712. The second-order valence-electron chi connectivity index (χ2n) is 4.33. The van der Waals surface area contributed by atoms with Crippen molar-refractivity contribution in [3.63, 3.8) is 0 Å². The number of carbonyl (C=O) groups is 1. The highest BCUT2D eigenvalue weighted by Gasteiger charge is 2.38. The lowest BCUT2D eigenvalue weighted by atomic mass is 10.2. The van der Waals surface area contributed by atoms with E-state index in [0.29, 0.717) is 19.0 Å². The molecule has 1 saturated heterocycles. The summed E-state index contributed by atoms with van der Waals surface area (Å²) < 4.78 is 0. The summed E-state index contributed by atoms with van der Waals surface area (Å²) in [5, 5.41) is 13.2. The van der Waals surface area contributed by atoms with Crippen molar-refractivity contribution >= 4 is 5.91 Å². The minimum Gasteiger partial charge on any atom is -0.392 e. The molecule has 14 heavy (non-hydrogen) atoms. The highest BCUT2D eigenvalue weighted by atomic mass is 16.3. The van der Waals surface area contributed by atoms with E-state index >= 15 is 0 Å². The molecule has 80 valence electrons. The molecule has 0 bridgehead atoms. The Bertz CT molecular complexity index is 226. The van der Waals surface area contributed by atoms with Crippen LogP contribution in [-0.2, 0) is 4.79 Å². The van der Waals surface area contributed by atoms with Crippen LogP contribution in [0.1, 0.15) is 32.6 Å². The number of aliphatic hydroxyl groups excluding tert-OH is 1. The van der Waals surface area contributed by atoms with Crippen LogP contribution in [-0.4, -0.2) is 46.3 Å². The van der Waals surface area contributed by atoms with Crippen LogP contribution in [0.25, 0.3) is 0 Å². The van der Waals surface area contributed by atoms with Crippen molar-refractivity contribution in [2.24, 2.45) is 0 Å². The number of amides is 1. The standard InChI is InChI=1S/C10H18N2O2/c1-8(13)7-11-6-2-3-10(14)12(11)9-4-5-9/h8-9,13H,2-7H2,1H3. The maximum Gasteiger partial charge on any atom is 0.237 e. The second kappa shape index (κ2) is 3.87. The van der Waals surface area contributed by atoms with Crippen LogP contribution in [0.2, 0.25) is 0 Å². The van der Waals surface area contributed by atoms with E-state index in [9.17, 15) is 9.90 Å². The van der Waals surface area contributed by atoms with Gasteiger partial charge in [-0.25, -0.2) is 5.01 Å². The first kappa shape index (κ1) is 9.93. The lowest BCUT2D eigenvalue weighted by Gasteiger charge is -2.39. The van der Waals surface area contributed by atoms with Gasteiger partial charge in [-0.05, 0) is 26.2 Å². The Morgan fingerprint density at radius 2 is 2.29 bits per heavy atom. The summed E-state index contributed by atoms with van der Waals surface area (Å²) in [6.07, 6.45) is 3.49. The first-order valence-electron chi connectivity index (χ1n) is 5.43. The first-order valence-corrected chi connectivity index (χ1v) is 5.43. The molecular formula is C10H18N2O2. The third-order valence-corrected chi connectivity index (χ3v) is 2.73. The van der Waals surface area contributed by atoms with Crippen molar-refractivity contribution in [3.8, 4) is 0 Å². The van der Waals surface area contributed by atoms with Gasteiger partial charge in [-0.2, -0.15) is 0 Å². The molecular weight excluding hydrogens is 180 g/mol. The number of aliphatic hydroxyl groups is 1. The Hall–Kier alpha value is -0.610. The number of hydrogen-bond donors (Lipinski definition) is 1. The van der Waals surface area contributed by atoms with Gasteiger partial charge in [0.25, 0.3) is 0 Å². The van der Waals surface area contributed by atoms with E-state index in [1.807, 2.05) is 10.0 Å². The average molecular weight is 198 g/mol. The molecule has 1 atom stereocenters. The molecule has 0 aromatic heterocycles. The molecule has 0 radical (unpaired) electrons. The van der Waals surface area contributed by atoms with Gasteiger partial charge in [0.2, 0.25) is 5.91 Å². The van der Waals surface area contributed by atoms with Crippen LogP contribution in [0, 0.1) is 0 Å². The number of rotatable bonds is 3. The van der Waals surface area contributed by atoms with Crippen molar-refractivity contribution in [2.75, 3.05) is 13.1 Å². The van der Waals surface area contributed by atoms with Crippen LogP contribution in [0.15, 0.2) is 0 Å². The molecule has 2 rings (SSSR count). The zero-order valence-electron chi connectivity index (χ0n) is 8.65. The minimum atomic E-state index is -0.359. The van der Waals surface area contributed by atoms with Crippen molar-refractivity contribution in [3.05, 3.63) is 0 Å². The highest BCUT2D eigenvalue weighted by Crippen LogP contribution is 2.31. The number of hydrazine groups is 1. The van der Waals surface area contributed by atoms with Gasteiger partial charge < -0.3 is 5.11 Å². The molecule has 0 aromatic rings. The summed E-state index contributed by atoms with van der Waals surface area (Å²) in [4.78, 5) is 11.7. The number of β-amino-alcohol motifs (C(OH)–C–C–N with tert-alkyl or cyclic N) is 1. The largest absolute Gasteiger partial charge is 0.392 e. The summed E-state index contributed by atoms with van der Waals surface area (Å²) in [6, 6.07) is 0.432. The molecule has 1 aliphatic heterocycles. The van der Waals surface area contributed by atoms with Gasteiger partial charge >= 0.3 is 0 Å². The molecule has 1 amide bonds. The van der Waals surface area contributed by atoms with E-state index in [-0.39, 0.29) is 12.0 Å². The molecule has 4 heteroatoms. The Balaban J connectivity index is 2.00. The van der Waals surface area contributed by atoms with Crippen LogP contribution in [0.3, 0.4) is 0 Å². The van der Waals surface area contributed by atoms with E-state index < -0.39 is 0 Å².